The Morgan fingerprint density at radius 3 is 2.86 bits per heavy atom. The van der Waals surface area contributed by atoms with E-state index in [9.17, 15) is 4.79 Å². The van der Waals surface area contributed by atoms with Gasteiger partial charge in [-0.25, -0.2) is 4.98 Å². The molecule has 0 aromatic carbocycles. The number of halogens is 1. The van der Waals surface area contributed by atoms with Crippen LogP contribution < -0.4 is 4.90 Å². The van der Waals surface area contributed by atoms with Gasteiger partial charge in [-0.15, -0.1) is 0 Å². The summed E-state index contributed by atoms with van der Waals surface area (Å²) in [4.78, 5) is 16.3. The zero-order valence-corrected chi connectivity index (χ0v) is 9.93. The lowest BCUT2D eigenvalue weighted by Gasteiger charge is -2.16. The fourth-order valence-electron chi connectivity index (χ4n) is 0.972. The highest BCUT2D eigenvalue weighted by molar-refractivity contribution is 14.1. The summed E-state index contributed by atoms with van der Waals surface area (Å²) < 4.78 is 1.07. The number of nitrogens with zero attached hydrogens (tertiary/aromatic N) is 2. The summed E-state index contributed by atoms with van der Waals surface area (Å²) in [5, 5.41) is 8.51. The van der Waals surface area contributed by atoms with Crippen LogP contribution in [0.4, 0.5) is 5.82 Å². The number of aliphatic carboxylic acids is 1. The first-order valence-electron chi connectivity index (χ1n) is 4.14. The van der Waals surface area contributed by atoms with Crippen molar-refractivity contribution in [1.82, 2.24) is 4.98 Å². The minimum absolute atomic E-state index is 0.129. The summed E-state index contributed by atoms with van der Waals surface area (Å²) in [6.07, 6.45) is 1.89. The van der Waals surface area contributed by atoms with Gasteiger partial charge in [-0.2, -0.15) is 0 Å². The largest absolute Gasteiger partial charge is 0.481 e. The Morgan fingerprint density at radius 2 is 2.36 bits per heavy atom. The van der Waals surface area contributed by atoms with Crippen LogP contribution >= 0.6 is 22.6 Å². The molecule has 0 saturated heterocycles. The first-order valence-corrected chi connectivity index (χ1v) is 5.22. The molecular formula is C9H11IN2O2. The maximum atomic E-state index is 10.3. The third-order valence-corrected chi connectivity index (χ3v) is 2.40. The van der Waals surface area contributed by atoms with E-state index in [0.717, 1.165) is 9.39 Å². The molecule has 1 N–H and O–H groups in total. The zero-order valence-electron chi connectivity index (χ0n) is 7.77. The summed E-state index contributed by atoms with van der Waals surface area (Å²) in [5.41, 5.74) is 0. The lowest BCUT2D eigenvalue weighted by molar-refractivity contribution is -0.136. The second-order valence-corrected chi connectivity index (χ2v) is 4.15. The molecule has 0 radical (unpaired) electrons. The van der Waals surface area contributed by atoms with Crippen LogP contribution in [0.3, 0.4) is 0 Å². The van der Waals surface area contributed by atoms with E-state index in [1.165, 1.54) is 0 Å². The van der Waals surface area contributed by atoms with Crippen LogP contribution in [0.15, 0.2) is 18.3 Å². The van der Waals surface area contributed by atoms with Crippen LogP contribution in [0.1, 0.15) is 6.42 Å². The summed E-state index contributed by atoms with van der Waals surface area (Å²) in [5.74, 6) is 0.00836. The van der Waals surface area contributed by atoms with Crippen LogP contribution in [-0.2, 0) is 4.79 Å². The molecule has 0 aliphatic carbocycles. The summed E-state index contributed by atoms with van der Waals surface area (Å²) >= 11 is 2.18. The topological polar surface area (TPSA) is 53.4 Å². The Labute approximate surface area is 96.1 Å². The lowest BCUT2D eigenvalue weighted by Crippen LogP contribution is -2.21. The van der Waals surface area contributed by atoms with Gasteiger partial charge in [0.05, 0.1) is 6.42 Å². The quantitative estimate of drug-likeness (QED) is 0.859. The van der Waals surface area contributed by atoms with E-state index in [1.54, 1.807) is 6.20 Å². The van der Waals surface area contributed by atoms with E-state index in [-0.39, 0.29) is 6.42 Å². The smallest absolute Gasteiger partial charge is 0.305 e. The second kappa shape index (κ2) is 5.14. The summed E-state index contributed by atoms with van der Waals surface area (Å²) in [7, 11) is 1.83. The van der Waals surface area contributed by atoms with E-state index in [2.05, 4.69) is 27.6 Å². The lowest BCUT2D eigenvalue weighted by atomic mass is 10.4. The van der Waals surface area contributed by atoms with Crippen molar-refractivity contribution < 1.29 is 9.90 Å². The van der Waals surface area contributed by atoms with Crippen molar-refractivity contribution in [3.05, 3.63) is 21.9 Å². The summed E-state index contributed by atoms with van der Waals surface area (Å²) in [6.45, 7) is 0.475. The maximum absolute atomic E-state index is 10.3. The highest BCUT2D eigenvalue weighted by atomic mass is 127. The van der Waals surface area contributed by atoms with Crippen molar-refractivity contribution in [3.8, 4) is 0 Å². The third kappa shape index (κ3) is 3.49. The SMILES string of the molecule is CN(CCC(=O)O)c1ccc(I)cn1. The molecule has 1 heterocycles. The van der Waals surface area contributed by atoms with Gasteiger partial charge in [-0.3, -0.25) is 4.79 Å². The van der Waals surface area contributed by atoms with E-state index in [0.29, 0.717) is 6.54 Å². The molecule has 76 valence electrons. The highest BCUT2D eigenvalue weighted by Gasteiger charge is 2.04. The maximum Gasteiger partial charge on any atom is 0.305 e. The van der Waals surface area contributed by atoms with Gasteiger partial charge in [0.15, 0.2) is 0 Å². The number of hydrogen-bond donors (Lipinski definition) is 1. The molecule has 5 heteroatoms. The predicted octanol–water partition coefficient (Wildman–Crippen LogP) is 1.60. The normalized spacial score (nSPS) is 9.86. The summed E-state index contributed by atoms with van der Waals surface area (Å²) in [6, 6.07) is 3.82. The van der Waals surface area contributed by atoms with Gasteiger partial charge in [-0.1, -0.05) is 0 Å². The average Bonchev–Trinajstić information content (AvgIpc) is 2.15. The molecule has 0 aliphatic rings. The van der Waals surface area contributed by atoms with E-state index in [4.69, 9.17) is 5.11 Å². The minimum atomic E-state index is -0.789. The van der Waals surface area contributed by atoms with Gasteiger partial charge >= 0.3 is 5.97 Å². The Balaban J connectivity index is 2.56. The molecule has 0 fully saturated rings. The Hall–Kier alpha value is -0.850. The Morgan fingerprint density at radius 1 is 1.64 bits per heavy atom. The third-order valence-electron chi connectivity index (χ3n) is 1.76. The molecule has 0 saturated carbocycles. The fourth-order valence-corrected chi connectivity index (χ4v) is 1.29. The fraction of sp³-hybridized carbons (Fsp3) is 0.333. The Bertz CT molecular complexity index is 313. The van der Waals surface area contributed by atoms with Gasteiger partial charge in [-0.05, 0) is 34.7 Å². The van der Waals surface area contributed by atoms with Gasteiger partial charge in [0.2, 0.25) is 0 Å². The standard InChI is InChI=1S/C9H11IN2O2/c1-12(5-4-9(13)14)8-3-2-7(10)6-11-8/h2-3,6H,4-5H2,1H3,(H,13,14). The molecule has 14 heavy (non-hydrogen) atoms. The van der Waals surface area contributed by atoms with Crippen molar-refractivity contribution in [2.75, 3.05) is 18.5 Å². The number of aromatic nitrogens is 1. The number of hydrogen-bond acceptors (Lipinski definition) is 3. The molecular weight excluding hydrogens is 295 g/mol. The first-order chi connectivity index (χ1) is 6.59. The molecule has 1 aromatic heterocycles. The monoisotopic (exact) mass is 306 g/mol. The van der Waals surface area contributed by atoms with Crippen LogP contribution in [0, 0.1) is 3.57 Å². The molecule has 0 aliphatic heterocycles. The van der Waals surface area contributed by atoms with Crippen molar-refractivity contribution in [2.45, 2.75) is 6.42 Å². The number of carbonyl (C=O) groups is 1. The van der Waals surface area contributed by atoms with Crippen molar-refractivity contribution >= 4 is 34.4 Å². The average molecular weight is 306 g/mol. The molecule has 0 spiro atoms. The molecule has 0 unspecified atom stereocenters. The van der Waals surface area contributed by atoms with Crippen LogP contribution in [0.25, 0.3) is 0 Å². The van der Waals surface area contributed by atoms with Gasteiger partial charge in [0.25, 0.3) is 0 Å². The second-order valence-electron chi connectivity index (χ2n) is 2.90. The first kappa shape index (κ1) is 11.2. The molecule has 4 nitrogen and oxygen atoms in total. The Kier molecular flexibility index (Phi) is 4.12. The molecule has 0 atom stereocenters. The molecule has 0 amide bonds. The van der Waals surface area contributed by atoms with Crippen molar-refractivity contribution in [2.24, 2.45) is 0 Å². The minimum Gasteiger partial charge on any atom is -0.481 e. The predicted molar refractivity (Wildman–Crippen MR) is 62.5 cm³/mol. The van der Waals surface area contributed by atoms with Crippen LogP contribution in [0.5, 0.6) is 0 Å². The number of rotatable bonds is 4. The molecule has 1 rings (SSSR count). The van der Waals surface area contributed by atoms with Crippen LogP contribution in [0.2, 0.25) is 0 Å². The van der Waals surface area contributed by atoms with E-state index in [1.807, 2.05) is 24.1 Å². The number of carboxylic acid groups (broad SMARTS) is 1. The van der Waals surface area contributed by atoms with Gasteiger partial charge in [0, 0.05) is 23.4 Å². The number of carboxylic acids is 1. The number of pyridine rings is 1. The van der Waals surface area contributed by atoms with E-state index >= 15 is 0 Å². The molecule has 1 aromatic rings. The number of anilines is 1. The van der Waals surface area contributed by atoms with E-state index < -0.39 is 5.97 Å². The van der Waals surface area contributed by atoms with Gasteiger partial charge < -0.3 is 10.0 Å². The van der Waals surface area contributed by atoms with Crippen LogP contribution in [-0.4, -0.2) is 29.7 Å². The molecule has 0 bridgehead atoms. The van der Waals surface area contributed by atoms with Crippen molar-refractivity contribution in [1.29, 1.82) is 0 Å². The van der Waals surface area contributed by atoms with Crippen molar-refractivity contribution in [3.63, 3.8) is 0 Å². The highest BCUT2D eigenvalue weighted by Crippen LogP contribution is 2.10. The van der Waals surface area contributed by atoms with Gasteiger partial charge in [0.1, 0.15) is 5.82 Å². The zero-order chi connectivity index (χ0) is 10.6.